The van der Waals surface area contributed by atoms with Gasteiger partial charge in [0.1, 0.15) is 0 Å². The first kappa shape index (κ1) is 16.0. The molecule has 112 valence electrons. The summed E-state index contributed by atoms with van der Waals surface area (Å²) in [5.41, 5.74) is 0.191. The lowest BCUT2D eigenvalue weighted by Gasteiger charge is -2.10. The van der Waals surface area contributed by atoms with Gasteiger partial charge >= 0.3 is 5.97 Å². The molecule has 0 bridgehead atoms. The van der Waals surface area contributed by atoms with Crippen molar-refractivity contribution in [2.24, 2.45) is 5.14 Å². The van der Waals surface area contributed by atoms with Gasteiger partial charge in [0.05, 0.1) is 10.5 Å². The van der Waals surface area contributed by atoms with Gasteiger partial charge in [-0.2, -0.15) is 0 Å². The fraction of sp³-hybridized carbons (Fsp3) is 0.0833. The summed E-state index contributed by atoms with van der Waals surface area (Å²) < 4.78 is 23.5. The second-order valence-corrected chi connectivity index (χ2v) is 7.62. The summed E-state index contributed by atoms with van der Waals surface area (Å²) in [5.74, 6) is -1.23. The van der Waals surface area contributed by atoms with Crippen molar-refractivity contribution in [2.45, 2.75) is 11.4 Å². The first-order valence-corrected chi connectivity index (χ1v) is 8.86. The molecule has 1 aromatic heterocycles. The van der Waals surface area contributed by atoms with Gasteiger partial charge in [0.25, 0.3) is 0 Å². The maximum atomic E-state index is 11.3. The van der Waals surface area contributed by atoms with E-state index in [0.29, 0.717) is 12.2 Å². The van der Waals surface area contributed by atoms with Crippen molar-refractivity contribution in [3.05, 3.63) is 44.6 Å². The Labute approximate surface area is 133 Å². The van der Waals surface area contributed by atoms with Crippen LogP contribution in [0, 0.1) is 0 Å². The second kappa shape index (κ2) is 6.14. The quantitative estimate of drug-likeness (QED) is 0.726. The average molecular weight is 391 g/mol. The standard InChI is InChI=1S/C12H11BrN2O4S2/c13-7-3-8(20-6-7)5-15-11-2-1-9(21(14,18)19)4-10(11)12(16)17/h1-4,6,15H,5H2,(H,16,17)(H2,14,18,19). The number of sulfonamides is 1. The minimum absolute atomic E-state index is 0.142. The number of hydrogen-bond acceptors (Lipinski definition) is 5. The second-order valence-electron chi connectivity index (χ2n) is 4.14. The summed E-state index contributed by atoms with van der Waals surface area (Å²) in [6.45, 7) is 0.436. The summed E-state index contributed by atoms with van der Waals surface area (Å²) in [5, 5.41) is 19.1. The van der Waals surface area contributed by atoms with Crippen LogP contribution in [-0.2, 0) is 16.6 Å². The molecule has 0 aliphatic heterocycles. The van der Waals surface area contributed by atoms with E-state index in [0.717, 1.165) is 15.4 Å². The lowest BCUT2D eigenvalue weighted by Crippen LogP contribution is -2.14. The number of carbonyl (C=O) groups is 1. The summed E-state index contributed by atoms with van der Waals surface area (Å²) >= 11 is 4.85. The van der Waals surface area contributed by atoms with E-state index in [2.05, 4.69) is 21.2 Å². The van der Waals surface area contributed by atoms with Crippen LogP contribution in [0.5, 0.6) is 0 Å². The Bertz CT molecular complexity index is 786. The molecule has 21 heavy (non-hydrogen) atoms. The smallest absolute Gasteiger partial charge is 0.337 e. The zero-order valence-electron chi connectivity index (χ0n) is 10.5. The third-order valence-corrected chi connectivity index (χ3v) is 5.23. The van der Waals surface area contributed by atoms with Crippen molar-refractivity contribution in [3.63, 3.8) is 0 Å². The van der Waals surface area contributed by atoms with Crippen LogP contribution in [0.3, 0.4) is 0 Å². The largest absolute Gasteiger partial charge is 0.478 e. The zero-order valence-corrected chi connectivity index (χ0v) is 13.8. The van der Waals surface area contributed by atoms with Gasteiger partial charge in [0.15, 0.2) is 0 Å². The van der Waals surface area contributed by atoms with E-state index < -0.39 is 16.0 Å². The number of primary sulfonamides is 1. The van der Waals surface area contributed by atoms with Crippen molar-refractivity contribution in [2.75, 3.05) is 5.32 Å². The molecule has 0 spiro atoms. The molecule has 0 fully saturated rings. The highest BCUT2D eigenvalue weighted by atomic mass is 79.9. The van der Waals surface area contributed by atoms with E-state index in [1.165, 1.54) is 23.5 Å². The number of nitrogens with one attached hydrogen (secondary N) is 1. The summed E-state index contributed by atoms with van der Waals surface area (Å²) in [6, 6.07) is 5.63. The van der Waals surface area contributed by atoms with Crippen molar-refractivity contribution >= 4 is 48.9 Å². The molecule has 6 nitrogen and oxygen atoms in total. The number of carboxylic acid groups (broad SMARTS) is 1. The molecular weight excluding hydrogens is 380 g/mol. The van der Waals surface area contributed by atoms with Crippen molar-refractivity contribution in [1.82, 2.24) is 0 Å². The number of rotatable bonds is 5. The molecule has 2 rings (SSSR count). The van der Waals surface area contributed by atoms with Crippen LogP contribution in [-0.4, -0.2) is 19.5 Å². The number of anilines is 1. The topological polar surface area (TPSA) is 109 Å². The predicted octanol–water partition coefficient (Wildman–Crippen LogP) is 2.47. The highest BCUT2D eigenvalue weighted by Crippen LogP contribution is 2.23. The zero-order chi connectivity index (χ0) is 15.6. The van der Waals surface area contributed by atoms with Crippen LogP contribution in [0.2, 0.25) is 0 Å². The molecule has 0 atom stereocenters. The number of hydrogen-bond donors (Lipinski definition) is 3. The van der Waals surface area contributed by atoms with E-state index in [1.807, 2.05) is 11.4 Å². The molecule has 1 heterocycles. The van der Waals surface area contributed by atoms with E-state index in [9.17, 15) is 18.3 Å². The molecule has 2 aromatic rings. The van der Waals surface area contributed by atoms with Crippen LogP contribution in [0.25, 0.3) is 0 Å². The Morgan fingerprint density at radius 1 is 1.38 bits per heavy atom. The predicted molar refractivity (Wildman–Crippen MR) is 84.1 cm³/mol. The van der Waals surface area contributed by atoms with Crippen LogP contribution in [0.1, 0.15) is 15.2 Å². The number of benzene rings is 1. The molecule has 1 aromatic carbocycles. The molecule has 0 aliphatic carbocycles. The van der Waals surface area contributed by atoms with E-state index in [-0.39, 0.29) is 10.5 Å². The number of thiophene rings is 1. The van der Waals surface area contributed by atoms with Gasteiger partial charge in [0.2, 0.25) is 10.0 Å². The molecular formula is C12H11BrN2O4S2. The van der Waals surface area contributed by atoms with E-state index in [1.54, 1.807) is 0 Å². The highest BCUT2D eigenvalue weighted by molar-refractivity contribution is 9.10. The highest BCUT2D eigenvalue weighted by Gasteiger charge is 2.16. The summed E-state index contributed by atoms with van der Waals surface area (Å²) in [7, 11) is -3.93. The normalized spacial score (nSPS) is 11.3. The SMILES string of the molecule is NS(=O)(=O)c1ccc(NCc2cc(Br)cs2)c(C(=O)O)c1. The Kier molecular flexibility index (Phi) is 4.67. The molecule has 0 aliphatic rings. The van der Waals surface area contributed by atoms with Crippen LogP contribution < -0.4 is 10.5 Å². The first-order valence-electron chi connectivity index (χ1n) is 5.64. The average Bonchev–Trinajstić information content (AvgIpc) is 2.80. The van der Waals surface area contributed by atoms with E-state index in [4.69, 9.17) is 5.14 Å². The van der Waals surface area contributed by atoms with Gasteiger partial charge in [-0.1, -0.05) is 0 Å². The fourth-order valence-electron chi connectivity index (χ4n) is 1.66. The van der Waals surface area contributed by atoms with E-state index >= 15 is 0 Å². The lowest BCUT2D eigenvalue weighted by atomic mass is 10.2. The van der Waals surface area contributed by atoms with Crippen LogP contribution >= 0.6 is 27.3 Å². The maximum Gasteiger partial charge on any atom is 0.337 e. The molecule has 0 saturated heterocycles. The number of aromatic carboxylic acids is 1. The molecule has 9 heteroatoms. The number of nitrogens with two attached hydrogens (primary N) is 1. The minimum atomic E-state index is -3.93. The fourth-order valence-corrected chi connectivity index (χ4v) is 3.59. The van der Waals surface area contributed by atoms with Crippen LogP contribution in [0.15, 0.2) is 39.0 Å². The lowest BCUT2D eigenvalue weighted by molar-refractivity contribution is 0.0697. The van der Waals surface area contributed by atoms with Gasteiger partial charge in [-0.25, -0.2) is 18.4 Å². The van der Waals surface area contributed by atoms with Gasteiger partial charge < -0.3 is 10.4 Å². The molecule has 4 N–H and O–H groups in total. The Morgan fingerprint density at radius 2 is 2.10 bits per heavy atom. The molecule has 0 amide bonds. The Hall–Kier alpha value is -1.42. The molecule has 0 radical (unpaired) electrons. The van der Waals surface area contributed by atoms with Gasteiger partial charge in [-0.15, -0.1) is 11.3 Å². The Morgan fingerprint density at radius 3 is 2.62 bits per heavy atom. The summed E-state index contributed by atoms with van der Waals surface area (Å²) in [6.07, 6.45) is 0. The van der Waals surface area contributed by atoms with Gasteiger partial charge in [-0.3, -0.25) is 0 Å². The first-order chi connectivity index (χ1) is 9.77. The molecule has 0 unspecified atom stereocenters. The summed E-state index contributed by atoms with van der Waals surface area (Å²) in [4.78, 5) is 12.0. The third-order valence-electron chi connectivity index (χ3n) is 2.62. The van der Waals surface area contributed by atoms with Crippen molar-refractivity contribution in [3.8, 4) is 0 Å². The monoisotopic (exact) mass is 390 g/mol. The van der Waals surface area contributed by atoms with Crippen molar-refractivity contribution < 1.29 is 18.3 Å². The Balaban J connectivity index is 2.28. The molecule has 0 saturated carbocycles. The maximum absolute atomic E-state index is 11.3. The van der Waals surface area contributed by atoms with Crippen LogP contribution in [0.4, 0.5) is 5.69 Å². The minimum Gasteiger partial charge on any atom is -0.478 e. The van der Waals surface area contributed by atoms with Crippen molar-refractivity contribution in [1.29, 1.82) is 0 Å². The van der Waals surface area contributed by atoms with Gasteiger partial charge in [-0.05, 0) is 40.2 Å². The third kappa shape index (κ3) is 4.03. The number of carboxylic acids is 1. The van der Waals surface area contributed by atoms with Gasteiger partial charge in [0, 0.05) is 27.0 Å². The number of halogens is 1.